The molecule has 27 heavy (non-hydrogen) atoms. The van der Waals surface area contributed by atoms with Crippen LogP contribution >= 0.6 is 45.7 Å². The van der Waals surface area contributed by atoms with E-state index in [2.05, 4.69) is 38.0 Å². The van der Waals surface area contributed by atoms with Crippen LogP contribution in [0.3, 0.4) is 0 Å². The normalized spacial score (nSPS) is 22.2. The van der Waals surface area contributed by atoms with E-state index in [9.17, 15) is 19.5 Å². The van der Waals surface area contributed by atoms with E-state index in [4.69, 9.17) is 10.6 Å². The van der Waals surface area contributed by atoms with Crippen LogP contribution in [0.1, 0.15) is 5.69 Å². The number of nitrogens with one attached hydrogen (secondary N) is 1. The second-order valence-corrected chi connectivity index (χ2v) is 8.20. The highest BCUT2D eigenvalue weighted by Gasteiger charge is 2.54. The summed E-state index contributed by atoms with van der Waals surface area (Å²) in [5.41, 5.74) is 6.39. The predicted octanol–water partition coefficient (Wildman–Crippen LogP) is 0.249. The Kier molecular flexibility index (Phi) is 5.90. The standard InChI is InChI=1S/C14H14IN5O5S2/c1-25-19-7(6-4-27-14(16)17-6)10(21)18-8-11(22)20-9(13(23)24)5(2-15)3-26-12(8)20/h4,8,12H,2-3H2,1H3,(H2,16,17)(H,18,21)(H,23,24)/b19-7-/t8-,12+/m1/s1. The largest absolute Gasteiger partial charge is 0.477 e. The number of carbonyl (C=O) groups excluding carboxylic acids is 2. The zero-order chi connectivity index (χ0) is 19.7. The van der Waals surface area contributed by atoms with Crippen molar-refractivity contribution in [3.8, 4) is 0 Å². The molecule has 0 spiro atoms. The number of halogens is 1. The first-order valence-corrected chi connectivity index (χ1v) is 10.9. The molecule has 0 unspecified atom stereocenters. The summed E-state index contributed by atoms with van der Waals surface area (Å²) in [6.07, 6.45) is 0. The first-order chi connectivity index (χ1) is 12.9. The number of β-lactam (4-membered cyclic amide) rings is 1. The van der Waals surface area contributed by atoms with E-state index < -0.39 is 29.2 Å². The lowest BCUT2D eigenvalue weighted by Crippen LogP contribution is -2.71. The number of aliphatic carboxylic acids is 1. The van der Waals surface area contributed by atoms with Crippen molar-refractivity contribution >= 4 is 74.3 Å². The van der Waals surface area contributed by atoms with Crippen molar-refractivity contribution in [2.45, 2.75) is 11.4 Å². The Bertz CT molecular complexity index is 870. The molecule has 144 valence electrons. The molecule has 10 nitrogen and oxygen atoms in total. The Labute approximate surface area is 175 Å². The Morgan fingerprint density at radius 2 is 2.33 bits per heavy atom. The summed E-state index contributed by atoms with van der Waals surface area (Å²) in [5.74, 6) is -1.80. The van der Waals surface area contributed by atoms with Crippen molar-refractivity contribution in [3.63, 3.8) is 0 Å². The van der Waals surface area contributed by atoms with Crippen LogP contribution < -0.4 is 11.1 Å². The summed E-state index contributed by atoms with van der Waals surface area (Å²) in [6, 6.07) is -0.856. The molecule has 1 saturated heterocycles. The van der Waals surface area contributed by atoms with Crippen molar-refractivity contribution in [2.75, 3.05) is 23.0 Å². The number of carboxylic acids is 1. The Hall–Kier alpha value is -1.87. The number of rotatable bonds is 6. The van der Waals surface area contributed by atoms with Crippen LogP contribution in [0.15, 0.2) is 21.8 Å². The highest BCUT2D eigenvalue weighted by Crippen LogP contribution is 2.40. The van der Waals surface area contributed by atoms with E-state index in [1.807, 2.05) is 0 Å². The van der Waals surface area contributed by atoms with Crippen molar-refractivity contribution in [2.24, 2.45) is 5.16 Å². The maximum absolute atomic E-state index is 12.6. The Morgan fingerprint density at radius 3 is 2.89 bits per heavy atom. The molecule has 2 aliphatic heterocycles. The SMILES string of the molecule is CO/N=C(\C(=O)N[C@@H]1C(=O)N2C(C(=O)O)=C(CI)CS[C@@H]12)c1csc(N)n1. The van der Waals surface area contributed by atoms with Gasteiger partial charge in [0.25, 0.3) is 11.8 Å². The maximum atomic E-state index is 12.6. The molecule has 2 amide bonds. The molecule has 0 saturated carbocycles. The van der Waals surface area contributed by atoms with E-state index in [-0.39, 0.29) is 22.2 Å². The topological polar surface area (TPSA) is 147 Å². The van der Waals surface area contributed by atoms with Gasteiger partial charge in [-0.25, -0.2) is 9.78 Å². The maximum Gasteiger partial charge on any atom is 0.352 e. The molecule has 0 bridgehead atoms. The van der Waals surface area contributed by atoms with Crippen LogP contribution in [0.4, 0.5) is 5.13 Å². The fourth-order valence-corrected chi connectivity index (χ4v) is 5.58. The van der Waals surface area contributed by atoms with Gasteiger partial charge in [0, 0.05) is 15.6 Å². The number of nitrogen functional groups attached to an aromatic ring is 1. The lowest BCUT2D eigenvalue weighted by Gasteiger charge is -2.49. The summed E-state index contributed by atoms with van der Waals surface area (Å²) in [7, 11) is 1.28. The van der Waals surface area contributed by atoms with Crippen LogP contribution in [0.25, 0.3) is 0 Å². The Balaban J connectivity index is 1.79. The molecule has 1 aromatic rings. The van der Waals surface area contributed by atoms with E-state index in [1.54, 1.807) is 5.38 Å². The average Bonchev–Trinajstić information content (AvgIpc) is 3.08. The van der Waals surface area contributed by atoms with Crippen LogP contribution in [0.5, 0.6) is 0 Å². The van der Waals surface area contributed by atoms with Gasteiger partial charge in [0.2, 0.25) is 0 Å². The van der Waals surface area contributed by atoms with Gasteiger partial charge in [-0.3, -0.25) is 14.5 Å². The number of aromatic nitrogens is 1. The lowest BCUT2D eigenvalue weighted by atomic mass is 10.0. The predicted molar refractivity (Wildman–Crippen MR) is 109 cm³/mol. The number of carbonyl (C=O) groups is 3. The first-order valence-electron chi connectivity index (χ1n) is 7.48. The van der Waals surface area contributed by atoms with E-state index in [1.165, 1.54) is 23.8 Å². The van der Waals surface area contributed by atoms with Gasteiger partial charge in [-0.15, -0.1) is 23.1 Å². The van der Waals surface area contributed by atoms with E-state index in [0.29, 0.717) is 15.8 Å². The molecule has 0 aromatic carbocycles. The second-order valence-electron chi connectivity index (χ2n) is 5.45. The molecule has 4 N–H and O–H groups in total. The average molecular weight is 523 g/mol. The number of nitrogens with two attached hydrogens (primary N) is 1. The van der Waals surface area contributed by atoms with Gasteiger partial charge in [0.1, 0.15) is 29.9 Å². The Morgan fingerprint density at radius 1 is 1.59 bits per heavy atom. The van der Waals surface area contributed by atoms with Gasteiger partial charge in [0.15, 0.2) is 10.8 Å². The highest BCUT2D eigenvalue weighted by molar-refractivity contribution is 14.1. The van der Waals surface area contributed by atoms with Crippen LogP contribution in [0.2, 0.25) is 0 Å². The molecular formula is C14H14IN5O5S2. The quantitative estimate of drug-likeness (QED) is 0.158. The second kappa shape index (κ2) is 8.02. The van der Waals surface area contributed by atoms with E-state index >= 15 is 0 Å². The van der Waals surface area contributed by atoms with Crippen molar-refractivity contribution in [1.82, 2.24) is 15.2 Å². The van der Waals surface area contributed by atoms with Crippen LogP contribution in [0, 0.1) is 0 Å². The smallest absolute Gasteiger partial charge is 0.352 e. The third kappa shape index (κ3) is 3.62. The third-order valence-electron chi connectivity index (χ3n) is 3.86. The van der Waals surface area contributed by atoms with Gasteiger partial charge < -0.3 is 21.0 Å². The summed E-state index contributed by atoms with van der Waals surface area (Å²) in [6.45, 7) is 0. The van der Waals surface area contributed by atoms with Gasteiger partial charge in [0.05, 0.1) is 0 Å². The number of hydrogen-bond acceptors (Lipinski definition) is 9. The molecule has 3 rings (SSSR count). The van der Waals surface area contributed by atoms with Gasteiger partial charge in [-0.1, -0.05) is 27.7 Å². The molecular weight excluding hydrogens is 509 g/mol. The number of thiazole rings is 1. The van der Waals surface area contributed by atoms with Crippen molar-refractivity contribution in [1.29, 1.82) is 0 Å². The van der Waals surface area contributed by atoms with Crippen molar-refractivity contribution in [3.05, 3.63) is 22.3 Å². The zero-order valence-corrected chi connectivity index (χ0v) is 17.6. The monoisotopic (exact) mass is 523 g/mol. The fourth-order valence-electron chi connectivity index (χ4n) is 2.69. The zero-order valence-electron chi connectivity index (χ0n) is 13.8. The van der Waals surface area contributed by atoms with E-state index in [0.717, 1.165) is 11.3 Å². The number of hydrogen-bond donors (Lipinski definition) is 3. The molecule has 0 aliphatic carbocycles. The minimum absolute atomic E-state index is 0.00158. The van der Waals surface area contributed by atoms with Crippen LogP contribution in [-0.2, 0) is 19.2 Å². The third-order valence-corrected chi connectivity index (χ3v) is 6.79. The number of fused-ring (bicyclic) bond motifs is 1. The van der Waals surface area contributed by atoms with Gasteiger partial charge in [-0.05, 0) is 5.57 Å². The number of thioether (sulfide) groups is 1. The molecule has 0 radical (unpaired) electrons. The minimum atomic E-state index is -1.15. The first kappa shape index (κ1) is 19.9. The molecule has 1 fully saturated rings. The number of oxime groups is 1. The number of anilines is 1. The highest BCUT2D eigenvalue weighted by atomic mass is 127. The molecule has 3 heterocycles. The summed E-state index contributed by atoms with van der Waals surface area (Å²) < 4.78 is 0.510. The molecule has 2 atom stereocenters. The minimum Gasteiger partial charge on any atom is -0.477 e. The number of nitrogens with zero attached hydrogens (tertiary/aromatic N) is 3. The molecule has 13 heteroatoms. The lowest BCUT2D eigenvalue weighted by molar-refractivity contribution is -0.150. The van der Waals surface area contributed by atoms with Crippen molar-refractivity contribution < 1.29 is 24.3 Å². The van der Waals surface area contributed by atoms with Crippen LogP contribution in [-0.4, -0.2) is 67.2 Å². The summed E-state index contributed by atoms with van der Waals surface area (Å²) in [4.78, 5) is 46.6. The summed E-state index contributed by atoms with van der Waals surface area (Å²) >= 11 is 4.61. The number of alkyl halides is 1. The summed E-state index contributed by atoms with van der Waals surface area (Å²) in [5, 5.41) is 17.0. The van der Waals surface area contributed by atoms with Gasteiger partial charge >= 0.3 is 5.97 Å². The number of amides is 2. The fraction of sp³-hybridized carbons (Fsp3) is 0.357. The van der Waals surface area contributed by atoms with Gasteiger partial charge in [-0.2, -0.15) is 0 Å². The number of carboxylic acid groups (broad SMARTS) is 1. The molecule has 2 aliphatic rings. The molecule has 1 aromatic heterocycles.